The largest absolute Gasteiger partial charge is 0.462 e. The number of fused-ring (bicyclic) bond motifs is 4. The van der Waals surface area contributed by atoms with Gasteiger partial charge in [0.1, 0.15) is 59.9 Å². The Kier molecular flexibility index (Phi) is 42.4. The molecule has 1 aliphatic rings. The molecule has 18 atom stereocenters. The number of rotatable bonds is 32. The number of hydrogen-bond donors (Lipinski definition) is 4. The Morgan fingerprint density at radius 3 is 1.22 bits per heavy atom. The van der Waals surface area contributed by atoms with Gasteiger partial charge in [-0.1, -0.05) is 116 Å². The first-order chi connectivity index (χ1) is 49.4. The SMILES string of the molecule is CO[C@H]1C/C=C/C=C/[C@H](OC)C[C@H](O)CC(=O)O[C@@H](C[C@H](OC)[C@@H](C)CCC(=O)[C@H](C)[C@@H](C/C=C/N(C)C=O)OC)C(C)(C)[C@@H](O)Cc2nc(co2)[C@@H](OC)C/C=C/C=C/[C@H](OC)C[C@H](O)CC(=O)O[C@@H](C[C@H](OC)[C@@H](C)CCC(=O)[C@H](C)[C@@H](C/C=C/N(C)C=O)OC)C(C)(C)[C@H](O)Cc2nc1co2. The molecular formula is C78H124N4O22. The first-order valence-corrected chi connectivity index (χ1v) is 36.0. The van der Waals surface area contributed by atoms with Crippen molar-refractivity contribution in [1.29, 1.82) is 0 Å². The van der Waals surface area contributed by atoms with Crippen molar-refractivity contribution in [2.45, 2.75) is 244 Å². The van der Waals surface area contributed by atoms with Crippen molar-refractivity contribution in [3.63, 3.8) is 0 Å². The summed E-state index contributed by atoms with van der Waals surface area (Å²) in [6.45, 7) is 14.6. The zero-order valence-corrected chi connectivity index (χ0v) is 64.9. The molecule has 0 aliphatic carbocycles. The second-order valence-corrected chi connectivity index (χ2v) is 28.5. The summed E-state index contributed by atoms with van der Waals surface area (Å²) in [5.41, 5.74) is -1.47. The lowest BCUT2D eigenvalue weighted by molar-refractivity contribution is -0.169. The minimum absolute atomic E-state index is 0.0193. The molecule has 588 valence electrons. The van der Waals surface area contributed by atoms with E-state index >= 15 is 0 Å². The molecule has 3 heterocycles. The van der Waals surface area contributed by atoms with Crippen LogP contribution >= 0.6 is 0 Å². The number of oxazole rings is 2. The Hall–Kier alpha value is -6.40. The number of nitrogens with zero attached hydrogens (tertiary/aromatic N) is 4. The number of methoxy groups -OCH3 is 8. The molecule has 0 aromatic carbocycles. The number of allylic oxidation sites excluding steroid dienone is 4. The maximum atomic E-state index is 14.1. The van der Waals surface area contributed by atoms with Crippen molar-refractivity contribution < 1.29 is 105 Å². The van der Waals surface area contributed by atoms with Gasteiger partial charge in [0.25, 0.3) is 0 Å². The van der Waals surface area contributed by atoms with E-state index in [1.165, 1.54) is 65.0 Å². The van der Waals surface area contributed by atoms with Crippen molar-refractivity contribution in [1.82, 2.24) is 19.8 Å². The highest BCUT2D eigenvalue weighted by atomic mass is 16.6. The van der Waals surface area contributed by atoms with Gasteiger partial charge in [-0.05, 0) is 50.4 Å². The molecule has 0 saturated heterocycles. The van der Waals surface area contributed by atoms with E-state index in [9.17, 15) is 49.2 Å². The second kappa shape index (κ2) is 48.0. The number of cyclic esters (lactones) is 2. The average Bonchev–Trinajstić information content (AvgIpc) is 1.15. The lowest BCUT2D eigenvalue weighted by atomic mass is 9.75. The smallest absolute Gasteiger partial charge is 0.308 e. The highest BCUT2D eigenvalue weighted by Crippen LogP contribution is 2.38. The third-order valence-corrected chi connectivity index (χ3v) is 20.2. The predicted octanol–water partition coefficient (Wildman–Crippen LogP) is 9.82. The molecule has 0 spiro atoms. The number of aliphatic hydroxyl groups excluding tert-OH is 4. The molecule has 2 aromatic rings. The fourth-order valence-corrected chi connectivity index (χ4v) is 12.4. The molecule has 26 heteroatoms. The Labute approximate surface area is 616 Å². The molecule has 2 amide bonds. The molecule has 0 radical (unpaired) electrons. The van der Waals surface area contributed by atoms with Crippen LogP contribution in [0.1, 0.15) is 181 Å². The van der Waals surface area contributed by atoms with Gasteiger partial charge in [0, 0.05) is 145 Å². The molecule has 4 N–H and O–H groups in total. The standard InChI is InChI=1S/C78H124N4O22/c1-51(33-35-61(87)53(3)63(95-13)31-25-37-81(9)49-83)67(99-17)43-71-77(5,6)69(89)45-73-79-59(47-101-73)65(97-15)29-23-20-22-28-58(94-12)40-56(86)42-76(92)104-72(44-68(100-18)52(2)34-36-62(88)54(4)64(96-14)32-26-38-82(10)50-84)78(7,8)70(90)46-74-80-60(48-102-74)66(98-16)30-24-19-21-27-57(93-11)39-55(85)41-75(91)103-71/h19-28,37-38,47-58,63-72,85-86,89-90H,29-36,39-46H2,1-18H3/b23-20+,24-19+,27-21+,28-22+,37-25+,38-26+/t51-,52-,53-,54-,55-,56-,57-,58-,63+,64+,65-,66-,67-,68-,69-,70+,71-,72-/m0/s1. The van der Waals surface area contributed by atoms with E-state index in [-0.39, 0.29) is 86.6 Å². The lowest BCUT2D eigenvalue weighted by Crippen LogP contribution is -2.46. The van der Waals surface area contributed by atoms with Gasteiger partial charge >= 0.3 is 11.9 Å². The summed E-state index contributed by atoms with van der Waals surface area (Å²) in [6, 6.07) is 0. The van der Waals surface area contributed by atoms with Crippen LogP contribution in [0.15, 0.2) is 94.5 Å². The Morgan fingerprint density at radius 1 is 0.548 bits per heavy atom. The molecule has 2 aromatic heterocycles. The van der Waals surface area contributed by atoms with Crippen LogP contribution in [0.5, 0.6) is 0 Å². The minimum atomic E-state index is -1.21. The summed E-state index contributed by atoms with van der Waals surface area (Å²) in [4.78, 5) is 89.7. The second-order valence-electron chi connectivity index (χ2n) is 28.5. The molecule has 0 unspecified atom stereocenters. The monoisotopic (exact) mass is 1470 g/mol. The van der Waals surface area contributed by atoms with E-state index in [2.05, 4.69) is 0 Å². The summed E-state index contributed by atoms with van der Waals surface area (Å²) in [7, 11) is 15.4. The third kappa shape index (κ3) is 31.2. The quantitative estimate of drug-likeness (QED) is 0.0391. The lowest BCUT2D eigenvalue weighted by Gasteiger charge is -2.40. The van der Waals surface area contributed by atoms with Crippen molar-refractivity contribution in [2.24, 2.45) is 34.5 Å². The first-order valence-electron chi connectivity index (χ1n) is 36.0. The van der Waals surface area contributed by atoms with Crippen molar-refractivity contribution >= 4 is 36.3 Å². The number of ketones is 2. The highest BCUT2D eigenvalue weighted by Gasteiger charge is 2.44. The normalized spacial score (nSPS) is 26.9. The molecule has 0 fully saturated rings. The predicted molar refractivity (Wildman–Crippen MR) is 390 cm³/mol. The molecule has 0 saturated carbocycles. The summed E-state index contributed by atoms with van der Waals surface area (Å²) in [5.74, 6) is -2.49. The van der Waals surface area contributed by atoms with Gasteiger partial charge in [0.15, 0.2) is 11.8 Å². The number of hydrogen-bond acceptors (Lipinski definition) is 24. The van der Waals surface area contributed by atoms with Crippen LogP contribution in [0.4, 0.5) is 0 Å². The van der Waals surface area contributed by atoms with Crippen LogP contribution in [-0.2, 0) is 89.0 Å². The van der Waals surface area contributed by atoms with Crippen LogP contribution in [0.25, 0.3) is 0 Å². The Morgan fingerprint density at radius 2 is 0.904 bits per heavy atom. The molecule has 3 rings (SSSR count). The molecule has 4 bridgehead atoms. The summed E-state index contributed by atoms with van der Waals surface area (Å²) < 4.78 is 70.9. The van der Waals surface area contributed by atoms with Crippen LogP contribution < -0.4 is 0 Å². The van der Waals surface area contributed by atoms with Crippen LogP contribution in [-0.4, -0.2) is 221 Å². The number of carbonyl (C=O) groups is 6. The van der Waals surface area contributed by atoms with Crippen molar-refractivity contribution in [3.8, 4) is 0 Å². The van der Waals surface area contributed by atoms with Gasteiger partial charge in [0.05, 0.1) is 86.7 Å². The molecule has 104 heavy (non-hydrogen) atoms. The number of Topliss-reactive ketones (excluding diaryl/α,β-unsaturated/α-hetero) is 2. The van der Waals surface area contributed by atoms with Crippen LogP contribution in [0.2, 0.25) is 0 Å². The van der Waals surface area contributed by atoms with Gasteiger partial charge in [-0.3, -0.25) is 28.8 Å². The highest BCUT2D eigenvalue weighted by molar-refractivity contribution is 5.81. The number of aromatic nitrogens is 2. The Bertz CT molecular complexity index is 2810. The van der Waals surface area contributed by atoms with E-state index in [4.69, 9.17) is 66.2 Å². The Balaban J connectivity index is 1.99. The summed E-state index contributed by atoms with van der Waals surface area (Å²) in [6.07, 6.45) is 16.1. The van der Waals surface area contributed by atoms with Gasteiger partial charge in [-0.15, -0.1) is 0 Å². The van der Waals surface area contributed by atoms with Crippen molar-refractivity contribution in [3.05, 3.63) is 109 Å². The van der Waals surface area contributed by atoms with Crippen molar-refractivity contribution in [2.75, 3.05) is 71.0 Å². The molecule has 1 aliphatic heterocycles. The number of ether oxygens (including phenoxy) is 10. The first kappa shape index (κ1) is 91.8. The number of esters is 2. The van der Waals surface area contributed by atoms with E-state index < -0.39 is 133 Å². The number of aliphatic hydroxyl groups is 4. The van der Waals surface area contributed by atoms with E-state index in [0.29, 0.717) is 62.7 Å². The van der Waals surface area contributed by atoms with E-state index in [0.717, 1.165) is 0 Å². The van der Waals surface area contributed by atoms with Gasteiger partial charge in [0.2, 0.25) is 12.8 Å². The zero-order chi connectivity index (χ0) is 77.7. The minimum Gasteiger partial charge on any atom is -0.462 e. The van der Waals surface area contributed by atoms with E-state index in [1.54, 1.807) is 117 Å². The number of amides is 2. The van der Waals surface area contributed by atoms with Crippen LogP contribution in [0.3, 0.4) is 0 Å². The van der Waals surface area contributed by atoms with Gasteiger partial charge in [-0.2, -0.15) is 0 Å². The number of carbonyl (C=O) groups excluding carboxylic acids is 6. The zero-order valence-electron chi connectivity index (χ0n) is 64.9. The molecule has 26 nitrogen and oxygen atoms in total. The summed E-state index contributed by atoms with van der Waals surface area (Å²) >= 11 is 0. The van der Waals surface area contributed by atoms with Gasteiger partial charge < -0.3 is 86.4 Å². The maximum Gasteiger partial charge on any atom is 0.308 e. The van der Waals surface area contributed by atoms with Gasteiger partial charge in [-0.25, -0.2) is 9.97 Å². The fourth-order valence-electron chi connectivity index (χ4n) is 12.4. The fraction of sp³-hybridized carbons (Fsp3) is 0.692. The maximum absolute atomic E-state index is 14.1. The average molecular weight is 1470 g/mol. The third-order valence-electron chi connectivity index (χ3n) is 20.2. The molecular weight excluding hydrogens is 1340 g/mol. The van der Waals surface area contributed by atoms with Crippen LogP contribution in [0, 0.1) is 34.5 Å². The topological polar surface area (TPSA) is 334 Å². The summed E-state index contributed by atoms with van der Waals surface area (Å²) in [5, 5.41) is 47.1. The van der Waals surface area contributed by atoms with E-state index in [1.807, 2.05) is 39.8 Å².